The summed E-state index contributed by atoms with van der Waals surface area (Å²) in [6.45, 7) is 4.79. The fourth-order valence-electron chi connectivity index (χ4n) is 3.00. The molecule has 2 aliphatic rings. The Labute approximate surface area is 169 Å². The van der Waals surface area contributed by atoms with Crippen LogP contribution in [-0.2, 0) is 4.84 Å². The highest BCUT2D eigenvalue weighted by Gasteiger charge is 2.41. The van der Waals surface area contributed by atoms with Gasteiger partial charge in [-0.3, -0.25) is 4.84 Å². The number of carboxylic acid groups (broad SMARTS) is 1. The van der Waals surface area contributed by atoms with Gasteiger partial charge < -0.3 is 10.0 Å². The number of hydroxylamine groups is 2. The quantitative estimate of drug-likeness (QED) is 0.420. The Bertz CT molecular complexity index is 984. The molecule has 0 aliphatic carbocycles. The standard InChI is InChI=1S/C17H17N7O4S/c1-2-6-28-24-14-8-13(10-21(11-14)16(24)25)22-5-3-12(20-22)9-19-23(17(26)27)15-18-4-7-29-15/h2-5,7-9,14H,1,6,10-11H2,(H,26,27)/b19-9+. The van der Waals surface area contributed by atoms with Crippen molar-refractivity contribution < 1.29 is 19.5 Å². The van der Waals surface area contributed by atoms with Gasteiger partial charge in [0.15, 0.2) is 0 Å². The number of aromatic nitrogens is 3. The number of carbonyl (C=O) groups excluding carboxylic acids is 1. The lowest BCUT2D eigenvalue weighted by atomic mass is 10.2. The Balaban J connectivity index is 1.50. The number of nitrogens with zero attached hydrogens (tertiary/aromatic N) is 7. The van der Waals surface area contributed by atoms with Crippen molar-refractivity contribution in [1.82, 2.24) is 24.7 Å². The molecule has 1 unspecified atom stereocenters. The molecule has 2 bridgehead atoms. The van der Waals surface area contributed by atoms with E-state index in [-0.39, 0.29) is 23.8 Å². The maximum Gasteiger partial charge on any atom is 0.434 e. The van der Waals surface area contributed by atoms with E-state index in [9.17, 15) is 14.7 Å². The summed E-state index contributed by atoms with van der Waals surface area (Å²) in [5.74, 6) is 0. The molecule has 0 spiro atoms. The molecule has 1 N–H and O–H groups in total. The summed E-state index contributed by atoms with van der Waals surface area (Å²) < 4.78 is 1.64. The van der Waals surface area contributed by atoms with Crippen molar-refractivity contribution in [2.75, 3.05) is 24.7 Å². The molecular weight excluding hydrogens is 398 g/mol. The van der Waals surface area contributed by atoms with E-state index in [0.717, 1.165) is 22.0 Å². The second-order valence-corrected chi connectivity index (χ2v) is 7.01. The molecule has 4 rings (SSSR count). The van der Waals surface area contributed by atoms with Crippen LogP contribution in [-0.4, -0.2) is 73.9 Å². The van der Waals surface area contributed by atoms with Crippen LogP contribution in [0.15, 0.2) is 47.7 Å². The molecule has 1 atom stereocenters. The molecule has 0 saturated carbocycles. The third-order valence-electron chi connectivity index (χ3n) is 4.23. The van der Waals surface area contributed by atoms with Gasteiger partial charge in [0.1, 0.15) is 5.69 Å². The lowest BCUT2D eigenvalue weighted by Crippen LogP contribution is -2.33. The largest absolute Gasteiger partial charge is 0.463 e. The third kappa shape index (κ3) is 3.75. The average molecular weight is 415 g/mol. The second-order valence-electron chi connectivity index (χ2n) is 6.14. The Morgan fingerprint density at radius 2 is 2.41 bits per heavy atom. The van der Waals surface area contributed by atoms with Gasteiger partial charge in [-0.15, -0.1) is 22.9 Å². The van der Waals surface area contributed by atoms with Crippen molar-refractivity contribution in [3.8, 4) is 0 Å². The fourth-order valence-corrected chi connectivity index (χ4v) is 3.59. The molecule has 0 aromatic carbocycles. The molecule has 4 heterocycles. The third-order valence-corrected chi connectivity index (χ3v) is 4.97. The summed E-state index contributed by atoms with van der Waals surface area (Å²) in [4.78, 5) is 34.8. The highest BCUT2D eigenvalue weighted by Crippen LogP contribution is 2.26. The molecule has 1 saturated heterocycles. The number of amides is 3. The van der Waals surface area contributed by atoms with E-state index in [1.807, 2.05) is 6.08 Å². The number of anilines is 1. The molecule has 1 fully saturated rings. The van der Waals surface area contributed by atoms with Crippen LogP contribution in [0.2, 0.25) is 0 Å². The van der Waals surface area contributed by atoms with Crippen LogP contribution in [0.25, 0.3) is 5.70 Å². The fraction of sp³-hybridized carbons (Fsp3) is 0.235. The van der Waals surface area contributed by atoms with Crippen LogP contribution in [0.1, 0.15) is 5.69 Å². The van der Waals surface area contributed by atoms with Crippen LogP contribution < -0.4 is 5.01 Å². The van der Waals surface area contributed by atoms with Crippen molar-refractivity contribution in [1.29, 1.82) is 0 Å². The van der Waals surface area contributed by atoms with Gasteiger partial charge in [-0.2, -0.15) is 15.3 Å². The first-order valence-electron chi connectivity index (χ1n) is 8.62. The topological polar surface area (TPSA) is 116 Å². The average Bonchev–Trinajstić information content (AvgIpc) is 3.43. The van der Waals surface area contributed by atoms with E-state index in [0.29, 0.717) is 18.8 Å². The second kappa shape index (κ2) is 7.85. The maximum atomic E-state index is 12.4. The first-order valence-corrected chi connectivity index (χ1v) is 9.50. The first-order chi connectivity index (χ1) is 14.1. The lowest BCUT2D eigenvalue weighted by molar-refractivity contribution is -0.107. The summed E-state index contributed by atoms with van der Waals surface area (Å²) in [5, 5.41) is 21.7. The predicted octanol–water partition coefficient (Wildman–Crippen LogP) is 1.94. The van der Waals surface area contributed by atoms with Crippen LogP contribution in [0.4, 0.5) is 14.7 Å². The SMILES string of the molecule is C=CCON1C(=O)N2CC(n3ccc(/C=N/N(C(=O)O)c4nccs4)n3)=CC1C2. The summed E-state index contributed by atoms with van der Waals surface area (Å²) in [7, 11) is 0. The molecule has 0 radical (unpaired) electrons. The molecule has 2 aliphatic heterocycles. The van der Waals surface area contributed by atoms with Crippen molar-refractivity contribution in [3.63, 3.8) is 0 Å². The van der Waals surface area contributed by atoms with Gasteiger partial charge in [-0.25, -0.2) is 19.3 Å². The zero-order chi connectivity index (χ0) is 20.4. The zero-order valence-electron chi connectivity index (χ0n) is 15.2. The Morgan fingerprint density at radius 3 is 3.14 bits per heavy atom. The number of thiazole rings is 1. The number of urea groups is 1. The molecule has 2 aromatic rings. The number of hydrogen-bond acceptors (Lipinski definition) is 7. The number of hydrazone groups is 1. The molecule has 11 nitrogen and oxygen atoms in total. The van der Waals surface area contributed by atoms with E-state index in [2.05, 4.69) is 21.8 Å². The number of rotatable bonds is 7. The monoisotopic (exact) mass is 415 g/mol. The minimum absolute atomic E-state index is 0.197. The molecule has 2 aromatic heterocycles. The van der Waals surface area contributed by atoms with Gasteiger partial charge in [0.05, 0.1) is 31.1 Å². The van der Waals surface area contributed by atoms with E-state index in [4.69, 9.17) is 4.84 Å². The summed E-state index contributed by atoms with van der Waals surface area (Å²) in [5.41, 5.74) is 1.28. The summed E-state index contributed by atoms with van der Waals surface area (Å²) in [6, 6.07) is 1.30. The smallest absolute Gasteiger partial charge is 0.434 e. The minimum atomic E-state index is -1.24. The van der Waals surface area contributed by atoms with E-state index < -0.39 is 6.09 Å². The number of carbonyl (C=O) groups is 2. The van der Waals surface area contributed by atoms with Crippen LogP contribution in [0, 0.1) is 0 Å². The van der Waals surface area contributed by atoms with Gasteiger partial charge in [-0.1, -0.05) is 6.08 Å². The molecule has 3 amide bonds. The number of hydrogen-bond donors (Lipinski definition) is 1. The molecule has 150 valence electrons. The van der Waals surface area contributed by atoms with E-state index in [1.54, 1.807) is 33.3 Å². The van der Waals surface area contributed by atoms with Crippen molar-refractivity contribution in [3.05, 3.63) is 48.3 Å². The van der Waals surface area contributed by atoms with Gasteiger partial charge in [0.25, 0.3) is 0 Å². The van der Waals surface area contributed by atoms with Crippen LogP contribution in [0.3, 0.4) is 0 Å². The minimum Gasteiger partial charge on any atom is -0.463 e. The Hall–Kier alpha value is -3.51. The van der Waals surface area contributed by atoms with Crippen molar-refractivity contribution in [2.45, 2.75) is 6.04 Å². The maximum absolute atomic E-state index is 12.4. The predicted molar refractivity (Wildman–Crippen MR) is 105 cm³/mol. The first kappa shape index (κ1) is 18.8. The van der Waals surface area contributed by atoms with Gasteiger partial charge in [0, 0.05) is 24.3 Å². The summed E-state index contributed by atoms with van der Waals surface area (Å²) in [6.07, 6.45) is 6.84. The van der Waals surface area contributed by atoms with E-state index in [1.165, 1.54) is 17.5 Å². The van der Waals surface area contributed by atoms with Crippen LogP contribution >= 0.6 is 11.3 Å². The molecular formula is C17H17N7O4S. The van der Waals surface area contributed by atoms with Gasteiger partial charge >= 0.3 is 12.1 Å². The Kier molecular flexibility index (Phi) is 5.10. The Morgan fingerprint density at radius 1 is 1.55 bits per heavy atom. The van der Waals surface area contributed by atoms with Gasteiger partial charge in [0.2, 0.25) is 5.13 Å². The normalized spacial score (nSPS) is 18.4. The molecule has 12 heteroatoms. The van der Waals surface area contributed by atoms with Crippen molar-refractivity contribution in [2.24, 2.45) is 5.10 Å². The number of fused-ring (bicyclic) bond motifs is 2. The highest BCUT2D eigenvalue weighted by atomic mass is 32.1. The summed E-state index contributed by atoms with van der Waals surface area (Å²) >= 11 is 1.16. The van der Waals surface area contributed by atoms with Crippen LogP contribution in [0.5, 0.6) is 0 Å². The zero-order valence-corrected chi connectivity index (χ0v) is 16.0. The lowest BCUT2D eigenvalue weighted by Gasteiger charge is -2.21. The van der Waals surface area contributed by atoms with Crippen molar-refractivity contribution >= 4 is 40.5 Å². The highest BCUT2D eigenvalue weighted by molar-refractivity contribution is 7.13. The van der Waals surface area contributed by atoms with E-state index >= 15 is 0 Å². The van der Waals surface area contributed by atoms with Gasteiger partial charge in [-0.05, 0) is 12.1 Å². The molecule has 29 heavy (non-hydrogen) atoms.